The molecule has 1 aliphatic rings. The van der Waals surface area contributed by atoms with Gasteiger partial charge in [-0.3, -0.25) is 0 Å². The normalized spacial score (nSPS) is 14.4. The molecule has 2 nitrogen and oxygen atoms in total. The standard InChI is InChI=1S/C26H28O.C3H6O/c1-5-13-22(14-6-1)21-27-26(23-15-7-2-8-16-23,24-17-9-3-10-18-24)25-19-11-4-12-20-25;1-2-3-4/h2-4,7-12,15-20,22H,1,5-6,13-14,21H2;2,4H,1,3H2. The summed E-state index contributed by atoms with van der Waals surface area (Å²) in [5.41, 5.74) is 3.01. The maximum atomic E-state index is 7.76. The van der Waals surface area contributed by atoms with Crippen LogP contribution in [0.5, 0.6) is 0 Å². The van der Waals surface area contributed by atoms with Crippen molar-refractivity contribution in [1.82, 2.24) is 0 Å². The van der Waals surface area contributed by atoms with Crippen LogP contribution in [0, 0.1) is 5.92 Å². The van der Waals surface area contributed by atoms with E-state index in [0.29, 0.717) is 5.92 Å². The molecule has 0 aliphatic heterocycles. The van der Waals surface area contributed by atoms with E-state index in [0.717, 1.165) is 6.61 Å². The molecular formula is C29H34O2. The van der Waals surface area contributed by atoms with Gasteiger partial charge in [0.25, 0.3) is 0 Å². The summed E-state index contributed by atoms with van der Waals surface area (Å²) in [5, 5.41) is 7.76. The van der Waals surface area contributed by atoms with Crippen molar-refractivity contribution in [3.05, 3.63) is 120 Å². The van der Waals surface area contributed by atoms with E-state index in [1.165, 1.54) is 54.9 Å². The second-order valence-corrected chi connectivity index (χ2v) is 8.07. The topological polar surface area (TPSA) is 29.5 Å². The van der Waals surface area contributed by atoms with Crippen LogP contribution in [-0.4, -0.2) is 18.3 Å². The molecule has 0 unspecified atom stereocenters. The zero-order valence-electron chi connectivity index (χ0n) is 18.3. The van der Waals surface area contributed by atoms with E-state index in [4.69, 9.17) is 9.84 Å². The van der Waals surface area contributed by atoms with Crippen molar-refractivity contribution in [2.45, 2.75) is 37.7 Å². The first-order chi connectivity index (χ1) is 15.3. The average molecular weight is 415 g/mol. The highest BCUT2D eigenvalue weighted by Crippen LogP contribution is 2.41. The van der Waals surface area contributed by atoms with Crippen molar-refractivity contribution < 1.29 is 9.84 Å². The van der Waals surface area contributed by atoms with Crippen LogP contribution in [0.1, 0.15) is 48.8 Å². The Balaban J connectivity index is 0.000000628. The molecule has 0 heterocycles. The van der Waals surface area contributed by atoms with Crippen molar-refractivity contribution in [2.24, 2.45) is 5.92 Å². The number of aliphatic hydroxyl groups excluding tert-OH is 1. The van der Waals surface area contributed by atoms with E-state index in [-0.39, 0.29) is 6.61 Å². The van der Waals surface area contributed by atoms with Gasteiger partial charge < -0.3 is 9.84 Å². The summed E-state index contributed by atoms with van der Waals surface area (Å²) in [5.74, 6) is 0.661. The molecular weight excluding hydrogens is 380 g/mol. The molecule has 31 heavy (non-hydrogen) atoms. The van der Waals surface area contributed by atoms with Crippen LogP contribution in [0.15, 0.2) is 104 Å². The molecule has 1 fully saturated rings. The van der Waals surface area contributed by atoms with Crippen LogP contribution in [-0.2, 0) is 10.3 Å². The molecule has 1 aliphatic carbocycles. The summed E-state index contributed by atoms with van der Waals surface area (Å²) in [7, 11) is 0. The summed E-state index contributed by atoms with van der Waals surface area (Å²) in [6.07, 6.45) is 8.05. The number of ether oxygens (including phenoxy) is 1. The van der Waals surface area contributed by atoms with Gasteiger partial charge >= 0.3 is 0 Å². The molecule has 0 bridgehead atoms. The predicted octanol–water partition coefficient (Wildman–Crippen LogP) is 6.74. The molecule has 2 heteroatoms. The van der Waals surface area contributed by atoms with Crippen molar-refractivity contribution in [3.63, 3.8) is 0 Å². The molecule has 0 radical (unpaired) electrons. The fourth-order valence-corrected chi connectivity index (χ4v) is 4.37. The molecule has 3 aromatic rings. The van der Waals surface area contributed by atoms with Gasteiger partial charge in [-0.05, 0) is 35.4 Å². The third kappa shape index (κ3) is 5.94. The van der Waals surface area contributed by atoms with Crippen molar-refractivity contribution in [3.8, 4) is 0 Å². The number of benzene rings is 3. The van der Waals surface area contributed by atoms with Crippen molar-refractivity contribution in [2.75, 3.05) is 13.2 Å². The van der Waals surface area contributed by atoms with Gasteiger partial charge in [0.05, 0.1) is 13.2 Å². The SMILES string of the molecule is C=CCO.c1ccc(C(OCC2CCCCC2)(c2ccccc2)c2ccccc2)cc1. The second kappa shape index (κ2) is 12.2. The van der Waals surface area contributed by atoms with Gasteiger partial charge in [0.1, 0.15) is 5.60 Å². The first-order valence-electron chi connectivity index (χ1n) is 11.3. The largest absolute Gasteiger partial charge is 0.392 e. The van der Waals surface area contributed by atoms with Crippen LogP contribution in [0.4, 0.5) is 0 Å². The fraction of sp³-hybridized carbons (Fsp3) is 0.310. The summed E-state index contributed by atoms with van der Waals surface area (Å²) in [6, 6.07) is 32.1. The Bertz CT molecular complexity index is 772. The maximum Gasteiger partial charge on any atom is 0.143 e. The second-order valence-electron chi connectivity index (χ2n) is 8.07. The first kappa shape index (κ1) is 23.0. The minimum atomic E-state index is -0.568. The third-order valence-electron chi connectivity index (χ3n) is 5.93. The zero-order valence-corrected chi connectivity index (χ0v) is 18.3. The highest BCUT2D eigenvalue weighted by molar-refractivity contribution is 5.47. The van der Waals surface area contributed by atoms with Gasteiger partial charge in [-0.15, -0.1) is 6.58 Å². The van der Waals surface area contributed by atoms with E-state index < -0.39 is 5.60 Å². The number of hydrogen-bond donors (Lipinski definition) is 1. The zero-order chi connectivity index (χ0) is 21.8. The Morgan fingerprint density at radius 3 is 1.48 bits per heavy atom. The molecule has 0 atom stereocenters. The lowest BCUT2D eigenvalue weighted by atomic mass is 9.79. The van der Waals surface area contributed by atoms with Crippen LogP contribution >= 0.6 is 0 Å². The minimum absolute atomic E-state index is 0.0833. The smallest absolute Gasteiger partial charge is 0.143 e. The Hall–Kier alpha value is -2.68. The minimum Gasteiger partial charge on any atom is -0.392 e. The molecule has 162 valence electrons. The predicted molar refractivity (Wildman–Crippen MR) is 129 cm³/mol. The van der Waals surface area contributed by atoms with Gasteiger partial charge in [-0.2, -0.15) is 0 Å². The van der Waals surface area contributed by atoms with Crippen LogP contribution < -0.4 is 0 Å². The summed E-state index contributed by atoms with van der Waals surface area (Å²) < 4.78 is 6.93. The summed E-state index contributed by atoms with van der Waals surface area (Å²) in [6.45, 7) is 4.12. The van der Waals surface area contributed by atoms with Crippen LogP contribution in [0.2, 0.25) is 0 Å². The Kier molecular flexibility index (Phi) is 9.08. The first-order valence-corrected chi connectivity index (χ1v) is 11.3. The van der Waals surface area contributed by atoms with Crippen molar-refractivity contribution in [1.29, 1.82) is 0 Å². The molecule has 0 aromatic heterocycles. The lowest BCUT2D eigenvalue weighted by molar-refractivity contribution is -0.0146. The molecule has 0 amide bonds. The molecule has 0 saturated heterocycles. The van der Waals surface area contributed by atoms with Gasteiger partial charge in [-0.1, -0.05) is 116 Å². The maximum absolute atomic E-state index is 7.76. The van der Waals surface area contributed by atoms with E-state index in [9.17, 15) is 0 Å². The number of hydrogen-bond acceptors (Lipinski definition) is 2. The lowest BCUT2D eigenvalue weighted by Gasteiger charge is -2.37. The van der Waals surface area contributed by atoms with E-state index in [1.54, 1.807) is 0 Å². The summed E-state index contributed by atoms with van der Waals surface area (Å²) in [4.78, 5) is 0. The number of aliphatic hydroxyl groups is 1. The van der Waals surface area contributed by atoms with Gasteiger partial charge in [0.15, 0.2) is 0 Å². The van der Waals surface area contributed by atoms with Gasteiger partial charge in [-0.25, -0.2) is 0 Å². The summed E-state index contributed by atoms with van der Waals surface area (Å²) >= 11 is 0. The van der Waals surface area contributed by atoms with E-state index >= 15 is 0 Å². The monoisotopic (exact) mass is 414 g/mol. The highest BCUT2D eigenvalue weighted by Gasteiger charge is 2.38. The molecule has 1 N–H and O–H groups in total. The Morgan fingerprint density at radius 1 is 0.742 bits per heavy atom. The molecule has 3 aromatic carbocycles. The van der Waals surface area contributed by atoms with E-state index in [2.05, 4.69) is 97.6 Å². The lowest BCUT2D eigenvalue weighted by Crippen LogP contribution is -2.35. The van der Waals surface area contributed by atoms with Crippen molar-refractivity contribution >= 4 is 0 Å². The molecule has 0 spiro atoms. The van der Waals surface area contributed by atoms with Crippen LogP contribution in [0.25, 0.3) is 0 Å². The van der Waals surface area contributed by atoms with Crippen LogP contribution in [0.3, 0.4) is 0 Å². The molecule has 4 rings (SSSR count). The Morgan fingerprint density at radius 2 is 1.13 bits per heavy atom. The third-order valence-corrected chi connectivity index (χ3v) is 5.93. The Labute approximate surface area is 187 Å². The average Bonchev–Trinajstić information content (AvgIpc) is 2.87. The van der Waals surface area contributed by atoms with Gasteiger partial charge in [0, 0.05) is 0 Å². The molecule has 1 saturated carbocycles. The highest BCUT2D eigenvalue weighted by atomic mass is 16.5. The van der Waals surface area contributed by atoms with Gasteiger partial charge in [0.2, 0.25) is 0 Å². The van der Waals surface area contributed by atoms with E-state index in [1.807, 2.05) is 0 Å². The fourth-order valence-electron chi connectivity index (χ4n) is 4.37. The number of rotatable bonds is 7. The quantitative estimate of drug-likeness (QED) is 0.343.